The molecule has 6 nitrogen and oxygen atoms in total. The third kappa shape index (κ3) is 5.99. The molecular weight excluding hydrogens is 388 g/mol. The van der Waals surface area contributed by atoms with Crippen molar-refractivity contribution in [2.75, 3.05) is 62.6 Å². The van der Waals surface area contributed by atoms with Gasteiger partial charge in [-0.05, 0) is 31.2 Å². The Labute approximate surface area is 185 Å². The van der Waals surface area contributed by atoms with E-state index in [1.807, 2.05) is 31.2 Å². The first-order chi connectivity index (χ1) is 15.2. The van der Waals surface area contributed by atoms with E-state index in [1.54, 1.807) is 4.90 Å². The number of carbonyl (C=O) groups excluding carboxylic acids is 1. The van der Waals surface area contributed by atoms with Crippen LogP contribution in [-0.4, -0.2) is 58.3 Å². The minimum Gasteiger partial charge on any atom is -0.492 e. The predicted molar refractivity (Wildman–Crippen MR) is 124 cm³/mol. The van der Waals surface area contributed by atoms with Crippen molar-refractivity contribution in [2.24, 2.45) is 0 Å². The van der Waals surface area contributed by atoms with Crippen LogP contribution in [0.25, 0.3) is 0 Å². The van der Waals surface area contributed by atoms with Crippen LogP contribution < -0.4 is 24.8 Å². The van der Waals surface area contributed by atoms with E-state index in [9.17, 15) is 4.79 Å². The largest absolute Gasteiger partial charge is 0.492 e. The molecule has 2 fully saturated rings. The average molecular weight is 425 g/mol. The van der Waals surface area contributed by atoms with Gasteiger partial charge in [0.15, 0.2) is 6.54 Å². The van der Waals surface area contributed by atoms with Crippen LogP contribution in [0.4, 0.5) is 11.4 Å². The third-order valence-corrected chi connectivity index (χ3v) is 6.39. The lowest BCUT2D eigenvalue weighted by Crippen LogP contribution is -3.15. The Bertz CT molecular complexity index is 841. The number of quaternary nitrogens is 2. The summed E-state index contributed by atoms with van der Waals surface area (Å²) in [4.78, 5) is 17.9. The second kappa shape index (κ2) is 10.6. The fourth-order valence-corrected chi connectivity index (χ4v) is 4.72. The van der Waals surface area contributed by atoms with E-state index in [-0.39, 0.29) is 5.91 Å². The van der Waals surface area contributed by atoms with Crippen LogP contribution in [0, 0.1) is 0 Å². The van der Waals surface area contributed by atoms with E-state index >= 15 is 0 Å². The number of hydrogen-bond acceptors (Lipinski definition) is 3. The van der Waals surface area contributed by atoms with Crippen molar-refractivity contribution < 1.29 is 19.3 Å². The SMILES string of the molecule is CCOc1ccccc1N1CC[NH+](CC(=O)Nc2ccc(C[NH+]3CCCC3)cc2)CC1. The number of likely N-dealkylation sites (tertiary alicyclic amines) is 1. The predicted octanol–water partition coefficient (Wildman–Crippen LogP) is 0.608. The van der Waals surface area contributed by atoms with Gasteiger partial charge in [0.1, 0.15) is 12.3 Å². The minimum atomic E-state index is 0.0936. The molecule has 6 heteroatoms. The maximum atomic E-state index is 12.6. The van der Waals surface area contributed by atoms with Crippen LogP contribution in [0.15, 0.2) is 48.5 Å². The van der Waals surface area contributed by atoms with Gasteiger partial charge in [0.2, 0.25) is 0 Å². The summed E-state index contributed by atoms with van der Waals surface area (Å²) in [6.45, 7) is 10.6. The summed E-state index contributed by atoms with van der Waals surface area (Å²) in [6, 6.07) is 16.6. The Balaban J connectivity index is 1.23. The molecule has 0 radical (unpaired) electrons. The zero-order valence-electron chi connectivity index (χ0n) is 18.7. The number of para-hydroxylation sites is 2. The number of anilines is 2. The Morgan fingerprint density at radius 1 is 0.968 bits per heavy atom. The van der Waals surface area contributed by atoms with Gasteiger partial charge in [0.25, 0.3) is 5.91 Å². The standard InChI is InChI=1S/C25H34N4O2/c1-2-31-24-8-4-3-7-23(24)29-17-15-28(16-18-29)20-25(30)26-22-11-9-21(10-12-22)19-27-13-5-6-14-27/h3-4,7-12H,2,5-6,13-20H2,1H3,(H,26,30)/p+2. The molecule has 0 unspecified atom stereocenters. The highest BCUT2D eigenvalue weighted by Gasteiger charge is 2.24. The number of piperazine rings is 1. The molecule has 2 aromatic carbocycles. The molecule has 2 heterocycles. The molecule has 3 N–H and O–H groups in total. The topological polar surface area (TPSA) is 50.5 Å². The van der Waals surface area contributed by atoms with Crippen LogP contribution in [0.1, 0.15) is 25.3 Å². The zero-order chi connectivity index (χ0) is 21.5. The summed E-state index contributed by atoms with van der Waals surface area (Å²) in [6.07, 6.45) is 2.69. The highest BCUT2D eigenvalue weighted by atomic mass is 16.5. The molecule has 0 bridgehead atoms. The molecule has 2 saturated heterocycles. The number of nitrogens with one attached hydrogen (secondary N) is 3. The molecule has 31 heavy (non-hydrogen) atoms. The van der Waals surface area contributed by atoms with Crippen molar-refractivity contribution in [1.29, 1.82) is 0 Å². The molecule has 0 atom stereocenters. The van der Waals surface area contributed by atoms with Crippen molar-refractivity contribution in [1.82, 2.24) is 0 Å². The van der Waals surface area contributed by atoms with Gasteiger partial charge in [0, 0.05) is 24.1 Å². The normalized spacial score (nSPS) is 17.6. The van der Waals surface area contributed by atoms with E-state index < -0.39 is 0 Å². The van der Waals surface area contributed by atoms with Crippen molar-refractivity contribution in [2.45, 2.75) is 26.3 Å². The molecule has 4 rings (SSSR count). The average Bonchev–Trinajstić information content (AvgIpc) is 3.29. The third-order valence-electron chi connectivity index (χ3n) is 6.39. The Morgan fingerprint density at radius 3 is 2.39 bits per heavy atom. The molecule has 0 spiro atoms. The van der Waals surface area contributed by atoms with Gasteiger partial charge in [-0.2, -0.15) is 0 Å². The fourth-order valence-electron chi connectivity index (χ4n) is 4.72. The lowest BCUT2D eigenvalue weighted by molar-refractivity contribution is -0.901. The van der Waals surface area contributed by atoms with Crippen molar-refractivity contribution in [3.63, 3.8) is 0 Å². The van der Waals surface area contributed by atoms with Crippen LogP contribution >= 0.6 is 0 Å². The molecule has 1 amide bonds. The van der Waals surface area contributed by atoms with Crippen LogP contribution in [0.2, 0.25) is 0 Å². The highest BCUT2D eigenvalue weighted by Crippen LogP contribution is 2.27. The highest BCUT2D eigenvalue weighted by molar-refractivity contribution is 5.91. The van der Waals surface area contributed by atoms with Crippen LogP contribution in [0.3, 0.4) is 0 Å². The Kier molecular flexibility index (Phi) is 7.43. The van der Waals surface area contributed by atoms with Crippen LogP contribution in [-0.2, 0) is 11.3 Å². The Morgan fingerprint density at radius 2 is 1.68 bits per heavy atom. The van der Waals surface area contributed by atoms with Gasteiger partial charge < -0.3 is 24.8 Å². The maximum Gasteiger partial charge on any atom is 0.279 e. The second-order valence-corrected chi connectivity index (χ2v) is 8.69. The van der Waals surface area contributed by atoms with E-state index in [0.29, 0.717) is 13.2 Å². The smallest absolute Gasteiger partial charge is 0.279 e. The van der Waals surface area contributed by atoms with Crippen molar-refractivity contribution in [3.05, 3.63) is 54.1 Å². The molecular formula is C25H36N4O2+2. The first-order valence-electron chi connectivity index (χ1n) is 11.7. The molecule has 166 valence electrons. The first-order valence-corrected chi connectivity index (χ1v) is 11.7. The number of carbonyl (C=O) groups is 1. The molecule has 0 aromatic heterocycles. The van der Waals surface area contributed by atoms with Gasteiger partial charge in [-0.3, -0.25) is 4.79 Å². The lowest BCUT2D eigenvalue weighted by Gasteiger charge is -2.34. The van der Waals surface area contributed by atoms with E-state index in [1.165, 1.54) is 36.4 Å². The van der Waals surface area contributed by atoms with Gasteiger partial charge in [-0.15, -0.1) is 0 Å². The first kappa shape index (κ1) is 21.7. The molecule has 2 aliphatic heterocycles. The molecule has 0 saturated carbocycles. The summed E-state index contributed by atoms with van der Waals surface area (Å²) in [5.74, 6) is 1.04. The fraction of sp³-hybridized carbons (Fsp3) is 0.480. The number of ether oxygens (including phenoxy) is 1. The van der Waals surface area contributed by atoms with E-state index in [4.69, 9.17) is 4.74 Å². The zero-order valence-corrected chi connectivity index (χ0v) is 18.7. The molecule has 0 aliphatic carbocycles. The van der Waals surface area contributed by atoms with E-state index in [2.05, 4.69) is 34.5 Å². The summed E-state index contributed by atoms with van der Waals surface area (Å²) in [5.41, 5.74) is 3.40. The summed E-state index contributed by atoms with van der Waals surface area (Å²) in [7, 11) is 0. The van der Waals surface area contributed by atoms with Gasteiger partial charge in [0.05, 0.1) is 51.6 Å². The van der Waals surface area contributed by atoms with Gasteiger partial charge >= 0.3 is 0 Å². The number of nitrogens with zero attached hydrogens (tertiary/aromatic N) is 1. The number of amides is 1. The van der Waals surface area contributed by atoms with Crippen molar-refractivity contribution >= 4 is 17.3 Å². The number of hydrogen-bond donors (Lipinski definition) is 3. The van der Waals surface area contributed by atoms with Crippen LogP contribution in [0.5, 0.6) is 5.75 Å². The quantitative estimate of drug-likeness (QED) is 0.582. The monoisotopic (exact) mass is 424 g/mol. The summed E-state index contributed by atoms with van der Waals surface area (Å²) < 4.78 is 5.78. The molecule has 2 aliphatic rings. The number of benzene rings is 2. The molecule has 2 aromatic rings. The Hall–Kier alpha value is -2.57. The van der Waals surface area contributed by atoms with Crippen molar-refractivity contribution in [3.8, 4) is 5.75 Å². The van der Waals surface area contributed by atoms with Gasteiger partial charge in [-0.1, -0.05) is 24.3 Å². The minimum absolute atomic E-state index is 0.0936. The lowest BCUT2D eigenvalue weighted by atomic mass is 10.2. The van der Waals surface area contributed by atoms with Gasteiger partial charge in [-0.25, -0.2) is 0 Å². The number of rotatable bonds is 8. The maximum absolute atomic E-state index is 12.6. The summed E-state index contributed by atoms with van der Waals surface area (Å²) in [5, 5.41) is 3.08. The van der Waals surface area contributed by atoms with E-state index in [0.717, 1.165) is 49.8 Å². The second-order valence-electron chi connectivity index (χ2n) is 8.69. The summed E-state index contributed by atoms with van der Waals surface area (Å²) >= 11 is 0.